The highest BCUT2D eigenvalue weighted by Gasteiger charge is 2.54. The fourth-order valence-corrected chi connectivity index (χ4v) is 3.29. The minimum absolute atomic E-state index is 0.193. The maximum absolute atomic E-state index is 12.3. The van der Waals surface area contributed by atoms with Gasteiger partial charge in [0.25, 0.3) is 0 Å². The Hall–Kier alpha value is -1.55. The number of amides is 1. The summed E-state index contributed by atoms with van der Waals surface area (Å²) in [7, 11) is 0. The molecule has 2 aliphatic rings. The Kier molecular flexibility index (Phi) is 3.89. The first kappa shape index (κ1) is 15.3. The number of rotatable bonds is 2. The number of hydrogen-bond donors (Lipinski definition) is 0. The molecule has 4 nitrogen and oxygen atoms in total. The lowest BCUT2D eigenvalue weighted by molar-refractivity contribution is 0.0105. The average molecular weight is 303 g/mol. The normalized spacial score (nSPS) is 28.3. The lowest BCUT2D eigenvalue weighted by Gasteiger charge is -2.36. The van der Waals surface area contributed by atoms with Gasteiger partial charge in [0.15, 0.2) is 0 Å². The molecule has 2 atom stereocenters. The number of piperidine rings is 1. The van der Waals surface area contributed by atoms with Crippen LogP contribution in [0.1, 0.15) is 39.2 Å². The van der Waals surface area contributed by atoms with Gasteiger partial charge < -0.3 is 14.4 Å². The summed E-state index contributed by atoms with van der Waals surface area (Å²) < 4.78 is 11.4. The zero-order valence-corrected chi connectivity index (χ0v) is 13.7. The van der Waals surface area contributed by atoms with Gasteiger partial charge in [-0.1, -0.05) is 30.3 Å². The average Bonchev–Trinajstić information content (AvgIpc) is 3.28. The Morgan fingerprint density at radius 2 is 2.00 bits per heavy atom. The zero-order chi connectivity index (χ0) is 15.8. The summed E-state index contributed by atoms with van der Waals surface area (Å²) in [5.74, 6) is 0.344. The molecular weight excluding hydrogens is 278 g/mol. The van der Waals surface area contributed by atoms with E-state index >= 15 is 0 Å². The fourth-order valence-electron chi connectivity index (χ4n) is 3.29. The van der Waals surface area contributed by atoms with Crippen LogP contribution in [0.3, 0.4) is 0 Å². The smallest absolute Gasteiger partial charge is 0.410 e. The highest BCUT2D eigenvalue weighted by atomic mass is 16.6. The van der Waals surface area contributed by atoms with Crippen LogP contribution in [0.15, 0.2) is 30.3 Å². The second kappa shape index (κ2) is 5.58. The predicted octanol–water partition coefficient (Wildman–Crippen LogP) is 3.56. The van der Waals surface area contributed by atoms with Crippen LogP contribution in [0.25, 0.3) is 0 Å². The molecule has 0 N–H and O–H groups in total. The van der Waals surface area contributed by atoms with E-state index < -0.39 is 5.60 Å². The molecule has 3 rings (SSSR count). The second-order valence-corrected chi connectivity index (χ2v) is 7.31. The molecule has 1 aromatic carbocycles. The van der Waals surface area contributed by atoms with Gasteiger partial charge in [-0.2, -0.15) is 0 Å². The Morgan fingerprint density at radius 1 is 1.32 bits per heavy atom. The highest BCUT2D eigenvalue weighted by Crippen LogP contribution is 2.48. The van der Waals surface area contributed by atoms with Gasteiger partial charge in [0.2, 0.25) is 0 Å². The van der Waals surface area contributed by atoms with Gasteiger partial charge >= 0.3 is 6.09 Å². The molecular formula is C18H25NO3. The zero-order valence-electron chi connectivity index (χ0n) is 13.7. The molecule has 22 heavy (non-hydrogen) atoms. The highest BCUT2D eigenvalue weighted by molar-refractivity contribution is 5.68. The van der Waals surface area contributed by atoms with Gasteiger partial charge in [-0.05, 0) is 39.2 Å². The molecule has 0 aliphatic carbocycles. The molecule has 1 amide bonds. The first-order chi connectivity index (χ1) is 10.4. The summed E-state index contributed by atoms with van der Waals surface area (Å²) in [6.45, 7) is 7.95. The van der Waals surface area contributed by atoms with Crippen molar-refractivity contribution in [2.24, 2.45) is 5.92 Å². The lowest BCUT2D eigenvalue weighted by atomic mass is 9.81. The summed E-state index contributed by atoms with van der Waals surface area (Å²) in [5, 5.41) is 0. The van der Waals surface area contributed by atoms with E-state index in [0.29, 0.717) is 12.5 Å². The number of likely N-dealkylation sites (tertiary alicyclic amines) is 1. The van der Waals surface area contributed by atoms with Crippen LogP contribution in [0.5, 0.6) is 0 Å². The van der Waals surface area contributed by atoms with E-state index in [1.54, 1.807) is 0 Å². The van der Waals surface area contributed by atoms with Gasteiger partial charge in [0.05, 0.1) is 6.61 Å². The largest absolute Gasteiger partial charge is 0.444 e. The third kappa shape index (κ3) is 3.12. The molecule has 2 heterocycles. The number of ether oxygens (including phenoxy) is 2. The van der Waals surface area contributed by atoms with Gasteiger partial charge in [0.1, 0.15) is 11.2 Å². The van der Waals surface area contributed by atoms with E-state index in [-0.39, 0.29) is 11.7 Å². The summed E-state index contributed by atoms with van der Waals surface area (Å²) in [6, 6.07) is 10.4. The SMILES string of the molecule is CC(C)(C)OC(=O)N1CCC[C@H]([C@@]2(c3ccccc3)CO2)C1. The van der Waals surface area contributed by atoms with Crippen molar-refractivity contribution in [2.45, 2.75) is 44.8 Å². The van der Waals surface area contributed by atoms with Gasteiger partial charge in [-0.3, -0.25) is 0 Å². The van der Waals surface area contributed by atoms with Crippen molar-refractivity contribution in [2.75, 3.05) is 19.7 Å². The topological polar surface area (TPSA) is 42.1 Å². The molecule has 0 saturated carbocycles. The van der Waals surface area contributed by atoms with Crippen molar-refractivity contribution in [3.8, 4) is 0 Å². The monoisotopic (exact) mass is 303 g/mol. The number of nitrogens with zero attached hydrogens (tertiary/aromatic N) is 1. The van der Waals surface area contributed by atoms with Crippen molar-refractivity contribution in [3.05, 3.63) is 35.9 Å². The molecule has 1 aromatic rings. The van der Waals surface area contributed by atoms with Crippen LogP contribution in [0.2, 0.25) is 0 Å². The molecule has 0 bridgehead atoms. The van der Waals surface area contributed by atoms with E-state index in [1.165, 1.54) is 5.56 Å². The van der Waals surface area contributed by atoms with Crippen molar-refractivity contribution < 1.29 is 14.3 Å². The minimum atomic E-state index is -0.447. The molecule has 2 saturated heterocycles. The van der Waals surface area contributed by atoms with Crippen molar-refractivity contribution in [3.63, 3.8) is 0 Å². The Labute approximate surface area is 132 Å². The number of carbonyl (C=O) groups excluding carboxylic acids is 1. The fraction of sp³-hybridized carbons (Fsp3) is 0.611. The molecule has 0 unspecified atom stereocenters. The van der Waals surface area contributed by atoms with E-state index in [1.807, 2.05) is 43.9 Å². The van der Waals surface area contributed by atoms with E-state index in [2.05, 4.69) is 12.1 Å². The first-order valence-corrected chi connectivity index (χ1v) is 8.08. The third-order valence-electron chi connectivity index (χ3n) is 4.45. The quantitative estimate of drug-likeness (QED) is 0.785. The van der Waals surface area contributed by atoms with E-state index in [9.17, 15) is 4.79 Å². The van der Waals surface area contributed by atoms with Gasteiger partial charge in [-0.25, -0.2) is 4.79 Å². The van der Waals surface area contributed by atoms with Crippen LogP contribution < -0.4 is 0 Å². The van der Waals surface area contributed by atoms with Crippen molar-refractivity contribution in [1.82, 2.24) is 4.90 Å². The Morgan fingerprint density at radius 3 is 2.59 bits per heavy atom. The summed E-state index contributed by atoms with van der Waals surface area (Å²) in [4.78, 5) is 14.1. The van der Waals surface area contributed by atoms with Crippen LogP contribution in [-0.2, 0) is 15.1 Å². The van der Waals surface area contributed by atoms with Crippen LogP contribution in [0.4, 0.5) is 4.79 Å². The van der Waals surface area contributed by atoms with Crippen molar-refractivity contribution >= 4 is 6.09 Å². The standard InChI is InChI=1S/C18H25NO3/c1-17(2,3)22-16(20)19-11-7-10-15(12-19)18(13-21-18)14-8-5-4-6-9-14/h4-6,8-9,15H,7,10-13H2,1-3H3/t15-,18-/m0/s1. The van der Waals surface area contributed by atoms with Crippen molar-refractivity contribution in [1.29, 1.82) is 0 Å². The molecule has 4 heteroatoms. The van der Waals surface area contributed by atoms with Crippen LogP contribution >= 0.6 is 0 Å². The number of hydrogen-bond acceptors (Lipinski definition) is 3. The second-order valence-electron chi connectivity index (χ2n) is 7.31. The van der Waals surface area contributed by atoms with E-state index in [4.69, 9.17) is 9.47 Å². The predicted molar refractivity (Wildman–Crippen MR) is 84.6 cm³/mol. The summed E-state index contributed by atoms with van der Waals surface area (Å²) >= 11 is 0. The number of carbonyl (C=O) groups is 1. The van der Waals surface area contributed by atoms with E-state index in [0.717, 1.165) is 26.0 Å². The summed E-state index contributed by atoms with van der Waals surface area (Å²) in [5.41, 5.74) is 0.588. The van der Waals surface area contributed by atoms with Crippen LogP contribution in [0, 0.1) is 5.92 Å². The molecule has 0 aromatic heterocycles. The molecule has 0 spiro atoms. The Balaban J connectivity index is 1.70. The maximum atomic E-state index is 12.3. The lowest BCUT2D eigenvalue weighted by Crippen LogP contribution is -2.46. The number of epoxide rings is 1. The maximum Gasteiger partial charge on any atom is 0.410 e. The molecule has 0 radical (unpaired) electrons. The minimum Gasteiger partial charge on any atom is -0.444 e. The molecule has 2 aliphatic heterocycles. The molecule has 120 valence electrons. The summed E-state index contributed by atoms with van der Waals surface area (Å²) in [6.07, 6.45) is 1.89. The van der Waals surface area contributed by atoms with Crippen LogP contribution in [-0.4, -0.2) is 36.3 Å². The first-order valence-electron chi connectivity index (χ1n) is 8.08. The molecule has 2 fully saturated rings. The van der Waals surface area contributed by atoms with Gasteiger partial charge in [0, 0.05) is 19.0 Å². The number of benzene rings is 1. The third-order valence-corrected chi connectivity index (χ3v) is 4.45. The Bertz CT molecular complexity index is 531. The van der Waals surface area contributed by atoms with Gasteiger partial charge in [-0.15, -0.1) is 0 Å².